The van der Waals surface area contributed by atoms with Crippen molar-refractivity contribution in [3.05, 3.63) is 23.4 Å². The molecule has 0 atom stereocenters. The number of hydrogen-bond acceptors (Lipinski definition) is 3. The van der Waals surface area contributed by atoms with Gasteiger partial charge in [-0.15, -0.1) is 11.6 Å². The van der Waals surface area contributed by atoms with Crippen LogP contribution in [0.4, 0.5) is 5.82 Å². The van der Waals surface area contributed by atoms with E-state index in [1.807, 2.05) is 0 Å². The van der Waals surface area contributed by atoms with Crippen molar-refractivity contribution < 1.29 is 4.74 Å². The van der Waals surface area contributed by atoms with Gasteiger partial charge in [-0.05, 0) is 38.0 Å². The Hall–Kier alpha value is -0.800. The van der Waals surface area contributed by atoms with Crippen LogP contribution >= 0.6 is 11.6 Å². The predicted molar refractivity (Wildman–Crippen MR) is 75.4 cm³/mol. The molecular weight excluding hydrogens is 248 g/mol. The van der Waals surface area contributed by atoms with Crippen molar-refractivity contribution in [3.63, 3.8) is 0 Å². The number of hydrogen-bond donors (Lipinski definition) is 0. The van der Waals surface area contributed by atoms with Gasteiger partial charge in [0.15, 0.2) is 0 Å². The molecule has 0 radical (unpaired) electrons. The Morgan fingerprint density at radius 2 is 2.22 bits per heavy atom. The summed E-state index contributed by atoms with van der Waals surface area (Å²) in [7, 11) is 0. The van der Waals surface area contributed by atoms with Crippen molar-refractivity contribution in [3.8, 4) is 0 Å². The van der Waals surface area contributed by atoms with E-state index in [2.05, 4.69) is 37.8 Å². The standard InChI is InChI=1S/C14H21ClN2O/c1-4-12-7-11(9-15)8-13(16-12)17-5-6-18-14(2,3)10-17/h7-8H,4-6,9-10H2,1-3H3. The molecule has 0 aliphatic carbocycles. The number of ether oxygens (including phenoxy) is 1. The quantitative estimate of drug-likeness (QED) is 0.788. The third kappa shape index (κ3) is 3.15. The summed E-state index contributed by atoms with van der Waals surface area (Å²) < 4.78 is 5.73. The van der Waals surface area contributed by atoms with Crippen molar-refractivity contribution in [2.24, 2.45) is 0 Å². The van der Waals surface area contributed by atoms with Crippen LogP contribution in [0.3, 0.4) is 0 Å². The van der Waals surface area contributed by atoms with Gasteiger partial charge in [0, 0.05) is 24.7 Å². The molecule has 2 rings (SSSR count). The molecule has 0 bridgehead atoms. The second kappa shape index (κ2) is 5.45. The van der Waals surface area contributed by atoms with E-state index in [1.165, 1.54) is 0 Å². The van der Waals surface area contributed by atoms with E-state index in [0.717, 1.165) is 43.2 Å². The van der Waals surface area contributed by atoms with Crippen LogP contribution in [0.1, 0.15) is 32.0 Å². The Kier molecular flexibility index (Phi) is 4.13. The topological polar surface area (TPSA) is 25.4 Å². The number of rotatable bonds is 3. The summed E-state index contributed by atoms with van der Waals surface area (Å²) in [5.74, 6) is 1.57. The van der Waals surface area contributed by atoms with E-state index < -0.39 is 0 Å². The number of nitrogens with zero attached hydrogens (tertiary/aromatic N) is 2. The average Bonchev–Trinajstić information content (AvgIpc) is 2.37. The first-order valence-electron chi connectivity index (χ1n) is 6.49. The van der Waals surface area contributed by atoms with Crippen molar-refractivity contribution in [2.45, 2.75) is 38.7 Å². The zero-order chi connectivity index (χ0) is 13.2. The number of halogens is 1. The maximum atomic E-state index is 5.95. The monoisotopic (exact) mass is 268 g/mol. The molecule has 0 aromatic carbocycles. The summed E-state index contributed by atoms with van der Waals surface area (Å²) in [5, 5.41) is 0. The molecule has 1 aliphatic rings. The Morgan fingerprint density at radius 1 is 1.44 bits per heavy atom. The lowest BCUT2D eigenvalue weighted by molar-refractivity contribution is -0.0279. The third-order valence-electron chi connectivity index (χ3n) is 3.19. The molecule has 2 heterocycles. The van der Waals surface area contributed by atoms with Crippen molar-refractivity contribution in [1.29, 1.82) is 0 Å². The molecule has 18 heavy (non-hydrogen) atoms. The molecule has 1 saturated heterocycles. The van der Waals surface area contributed by atoms with Crippen LogP contribution in [-0.2, 0) is 17.0 Å². The van der Waals surface area contributed by atoms with Crippen LogP contribution in [-0.4, -0.2) is 30.3 Å². The molecule has 1 aromatic rings. The summed E-state index contributed by atoms with van der Waals surface area (Å²) in [6.07, 6.45) is 0.936. The van der Waals surface area contributed by atoms with Gasteiger partial charge in [-0.25, -0.2) is 4.98 Å². The Labute approximate surface area is 114 Å². The lowest BCUT2D eigenvalue weighted by Crippen LogP contribution is -2.48. The normalized spacial score (nSPS) is 19.0. The van der Waals surface area contributed by atoms with Gasteiger partial charge in [-0.3, -0.25) is 0 Å². The van der Waals surface area contributed by atoms with Gasteiger partial charge in [0.25, 0.3) is 0 Å². The Balaban J connectivity index is 2.26. The highest BCUT2D eigenvalue weighted by molar-refractivity contribution is 6.17. The molecule has 0 saturated carbocycles. The van der Waals surface area contributed by atoms with E-state index >= 15 is 0 Å². The highest BCUT2D eigenvalue weighted by atomic mass is 35.5. The maximum absolute atomic E-state index is 5.95. The number of pyridine rings is 1. The smallest absolute Gasteiger partial charge is 0.129 e. The van der Waals surface area contributed by atoms with Crippen LogP contribution in [0.5, 0.6) is 0 Å². The zero-order valence-electron chi connectivity index (χ0n) is 11.4. The second-order valence-corrected chi connectivity index (χ2v) is 5.61. The fourth-order valence-corrected chi connectivity index (χ4v) is 2.42. The number of morpholine rings is 1. The number of aryl methyl sites for hydroxylation is 1. The minimum absolute atomic E-state index is 0.108. The molecule has 0 unspecified atom stereocenters. The highest BCUT2D eigenvalue weighted by Gasteiger charge is 2.28. The molecule has 4 heteroatoms. The zero-order valence-corrected chi connectivity index (χ0v) is 12.1. The fraction of sp³-hybridized carbons (Fsp3) is 0.643. The third-order valence-corrected chi connectivity index (χ3v) is 3.50. The first-order chi connectivity index (χ1) is 8.54. The summed E-state index contributed by atoms with van der Waals surface area (Å²) in [5.41, 5.74) is 2.14. The van der Waals surface area contributed by atoms with Gasteiger partial charge in [0.1, 0.15) is 5.82 Å². The number of alkyl halides is 1. The van der Waals surface area contributed by atoms with Crippen LogP contribution in [0.15, 0.2) is 12.1 Å². The first kappa shape index (κ1) is 13.6. The fourth-order valence-electron chi connectivity index (χ4n) is 2.27. The van der Waals surface area contributed by atoms with Gasteiger partial charge in [-0.1, -0.05) is 6.92 Å². The molecule has 3 nitrogen and oxygen atoms in total. The molecular formula is C14H21ClN2O. The lowest BCUT2D eigenvalue weighted by Gasteiger charge is -2.39. The van der Waals surface area contributed by atoms with E-state index in [0.29, 0.717) is 5.88 Å². The highest BCUT2D eigenvalue weighted by Crippen LogP contribution is 2.23. The summed E-state index contributed by atoms with van der Waals surface area (Å²) in [4.78, 5) is 6.99. The van der Waals surface area contributed by atoms with Crippen LogP contribution in [0, 0.1) is 0 Å². The first-order valence-corrected chi connectivity index (χ1v) is 7.02. The van der Waals surface area contributed by atoms with Crippen LogP contribution in [0.2, 0.25) is 0 Å². The SMILES string of the molecule is CCc1cc(CCl)cc(N2CCOC(C)(C)C2)n1. The summed E-state index contributed by atoms with van der Waals surface area (Å²) >= 11 is 5.95. The molecule has 0 amide bonds. The van der Waals surface area contributed by atoms with Gasteiger partial charge < -0.3 is 9.64 Å². The van der Waals surface area contributed by atoms with Gasteiger partial charge in [0.05, 0.1) is 12.2 Å². The minimum atomic E-state index is -0.108. The van der Waals surface area contributed by atoms with Crippen molar-refractivity contribution in [2.75, 3.05) is 24.6 Å². The minimum Gasteiger partial charge on any atom is -0.372 e. The van der Waals surface area contributed by atoms with Gasteiger partial charge in [0.2, 0.25) is 0 Å². The molecule has 0 N–H and O–H groups in total. The van der Waals surface area contributed by atoms with E-state index in [1.54, 1.807) is 0 Å². The summed E-state index contributed by atoms with van der Waals surface area (Å²) in [6.45, 7) is 8.87. The maximum Gasteiger partial charge on any atom is 0.129 e. The largest absolute Gasteiger partial charge is 0.372 e. The Bertz CT molecular complexity index is 398. The lowest BCUT2D eigenvalue weighted by atomic mass is 10.1. The van der Waals surface area contributed by atoms with Crippen LogP contribution in [0.25, 0.3) is 0 Å². The molecule has 1 aromatic heterocycles. The van der Waals surface area contributed by atoms with Gasteiger partial charge >= 0.3 is 0 Å². The number of aromatic nitrogens is 1. The molecule has 1 fully saturated rings. The molecule has 100 valence electrons. The number of anilines is 1. The van der Waals surface area contributed by atoms with Crippen LogP contribution < -0.4 is 4.90 Å². The molecule has 0 spiro atoms. The predicted octanol–water partition coefficient (Wildman–Crippen LogP) is 3.00. The van der Waals surface area contributed by atoms with E-state index in [-0.39, 0.29) is 5.60 Å². The van der Waals surface area contributed by atoms with Gasteiger partial charge in [-0.2, -0.15) is 0 Å². The van der Waals surface area contributed by atoms with Crippen molar-refractivity contribution in [1.82, 2.24) is 4.98 Å². The Morgan fingerprint density at radius 3 is 2.83 bits per heavy atom. The van der Waals surface area contributed by atoms with Crippen molar-refractivity contribution >= 4 is 17.4 Å². The van der Waals surface area contributed by atoms with E-state index in [4.69, 9.17) is 21.3 Å². The summed E-state index contributed by atoms with van der Waals surface area (Å²) in [6, 6.07) is 4.18. The van der Waals surface area contributed by atoms with E-state index in [9.17, 15) is 0 Å². The molecule has 1 aliphatic heterocycles. The second-order valence-electron chi connectivity index (χ2n) is 5.34. The average molecular weight is 269 g/mol.